The van der Waals surface area contributed by atoms with Crippen molar-refractivity contribution in [1.29, 1.82) is 0 Å². The van der Waals surface area contributed by atoms with E-state index >= 15 is 0 Å². The van der Waals surface area contributed by atoms with Gasteiger partial charge in [-0.15, -0.1) is 0 Å². The molecule has 0 spiro atoms. The number of amides is 1. The lowest BCUT2D eigenvalue weighted by molar-refractivity contribution is -0.114. The number of pyridine rings is 1. The molecule has 8 nitrogen and oxygen atoms in total. The molecule has 3 aromatic heterocycles. The average molecular weight is 412 g/mol. The molecule has 3 aromatic rings. The number of rotatable bonds is 7. The van der Waals surface area contributed by atoms with Gasteiger partial charge in [0.05, 0.1) is 30.1 Å². The molecule has 1 N–H and O–H groups in total. The molecule has 0 radical (unpaired) electrons. The molecule has 0 unspecified atom stereocenters. The molecule has 8 heteroatoms. The lowest BCUT2D eigenvalue weighted by Gasteiger charge is -2.14. The third-order valence-electron chi connectivity index (χ3n) is 4.80. The number of aryl methyl sites for hydroxylation is 1. The first-order valence-corrected chi connectivity index (χ1v) is 10.2. The average Bonchev–Trinajstić information content (AvgIpc) is 2.98. The van der Waals surface area contributed by atoms with E-state index in [1.165, 1.54) is 11.6 Å². The lowest BCUT2D eigenvalue weighted by atomic mass is 10.1. The zero-order chi connectivity index (χ0) is 22.0. The predicted molar refractivity (Wildman–Crippen MR) is 118 cm³/mol. The summed E-state index contributed by atoms with van der Waals surface area (Å²) in [4.78, 5) is 28.6. The van der Waals surface area contributed by atoms with E-state index in [9.17, 15) is 9.59 Å². The first kappa shape index (κ1) is 21.5. The Labute approximate surface area is 175 Å². The summed E-state index contributed by atoms with van der Waals surface area (Å²) in [6, 6.07) is 3.41. The van der Waals surface area contributed by atoms with Gasteiger partial charge >= 0.3 is 5.56 Å². The van der Waals surface area contributed by atoms with Crippen molar-refractivity contribution in [2.24, 2.45) is 13.0 Å². The summed E-state index contributed by atoms with van der Waals surface area (Å²) in [5.74, 6) is 1.05. The van der Waals surface area contributed by atoms with Crippen LogP contribution in [0.1, 0.15) is 47.1 Å². The molecule has 0 atom stereocenters. The van der Waals surface area contributed by atoms with Gasteiger partial charge in [-0.1, -0.05) is 13.8 Å². The fraction of sp³-hybridized carbons (Fsp3) is 0.455. The summed E-state index contributed by atoms with van der Waals surface area (Å²) in [5.41, 5.74) is 2.13. The van der Waals surface area contributed by atoms with Crippen LogP contribution >= 0.6 is 0 Å². The molecule has 0 aromatic carbocycles. The first-order valence-electron chi connectivity index (χ1n) is 10.2. The van der Waals surface area contributed by atoms with Crippen LogP contribution in [0.25, 0.3) is 22.2 Å². The normalized spacial score (nSPS) is 11.5. The number of fused-ring (bicyclic) bond motifs is 1. The SMILES string of the molecule is CC(=O)Nc1cc2c(-c3cc(OCCC(C)C)c(=O)n(C(C)C)n3)cn(C)c2cn1. The van der Waals surface area contributed by atoms with Gasteiger partial charge in [0.1, 0.15) is 5.82 Å². The maximum absolute atomic E-state index is 12.8. The molecular formula is C22H29N5O3. The molecule has 3 rings (SSSR count). The van der Waals surface area contributed by atoms with E-state index in [-0.39, 0.29) is 17.5 Å². The topological polar surface area (TPSA) is 91.0 Å². The lowest BCUT2D eigenvalue weighted by Crippen LogP contribution is -2.26. The smallest absolute Gasteiger partial charge is 0.309 e. The summed E-state index contributed by atoms with van der Waals surface area (Å²) in [7, 11) is 1.92. The van der Waals surface area contributed by atoms with Crippen molar-refractivity contribution in [3.05, 3.63) is 34.9 Å². The Morgan fingerprint density at radius 1 is 1.23 bits per heavy atom. The van der Waals surface area contributed by atoms with Crippen molar-refractivity contribution in [1.82, 2.24) is 19.3 Å². The summed E-state index contributed by atoms with van der Waals surface area (Å²) < 4.78 is 9.24. The highest BCUT2D eigenvalue weighted by Gasteiger charge is 2.17. The molecule has 0 saturated heterocycles. The summed E-state index contributed by atoms with van der Waals surface area (Å²) in [6.07, 6.45) is 4.51. The second-order valence-electron chi connectivity index (χ2n) is 8.19. The Morgan fingerprint density at radius 3 is 2.60 bits per heavy atom. The summed E-state index contributed by atoms with van der Waals surface area (Å²) in [5, 5.41) is 8.20. The fourth-order valence-electron chi connectivity index (χ4n) is 3.21. The highest BCUT2D eigenvalue weighted by atomic mass is 16.5. The van der Waals surface area contributed by atoms with Crippen LogP contribution in [0.2, 0.25) is 0 Å². The second-order valence-corrected chi connectivity index (χ2v) is 8.19. The van der Waals surface area contributed by atoms with Gasteiger partial charge in [-0.05, 0) is 32.3 Å². The van der Waals surface area contributed by atoms with E-state index in [1.54, 1.807) is 12.3 Å². The number of nitrogens with zero attached hydrogens (tertiary/aromatic N) is 4. The maximum atomic E-state index is 12.8. The van der Waals surface area contributed by atoms with Crippen LogP contribution in [0.5, 0.6) is 5.75 Å². The minimum absolute atomic E-state index is 0.114. The monoisotopic (exact) mass is 411 g/mol. The van der Waals surface area contributed by atoms with Crippen LogP contribution in [0, 0.1) is 5.92 Å². The molecule has 1 amide bonds. The van der Waals surface area contributed by atoms with E-state index in [0.29, 0.717) is 29.8 Å². The third kappa shape index (κ3) is 4.53. The number of carbonyl (C=O) groups excluding carboxylic acids is 1. The Kier molecular flexibility index (Phi) is 6.24. The van der Waals surface area contributed by atoms with E-state index in [0.717, 1.165) is 22.9 Å². The van der Waals surface area contributed by atoms with Crippen LogP contribution < -0.4 is 15.6 Å². The van der Waals surface area contributed by atoms with Crippen LogP contribution in [0.3, 0.4) is 0 Å². The number of hydrogen-bond acceptors (Lipinski definition) is 5. The number of ether oxygens (including phenoxy) is 1. The highest BCUT2D eigenvalue weighted by Crippen LogP contribution is 2.31. The van der Waals surface area contributed by atoms with Crippen LogP contribution in [-0.4, -0.2) is 31.8 Å². The molecular weight excluding hydrogens is 382 g/mol. The molecule has 0 aliphatic rings. The second kappa shape index (κ2) is 8.69. The van der Waals surface area contributed by atoms with Gasteiger partial charge < -0.3 is 14.6 Å². The largest absolute Gasteiger partial charge is 0.488 e. The van der Waals surface area contributed by atoms with Crippen molar-refractivity contribution in [2.75, 3.05) is 11.9 Å². The minimum Gasteiger partial charge on any atom is -0.488 e. The Bertz CT molecular complexity index is 1130. The molecule has 160 valence electrons. The third-order valence-corrected chi connectivity index (χ3v) is 4.80. The summed E-state index contributed by atoms with van der Waals surface area (Å²) >= 11 is 0. The maximum Gasteiger partial charge on any atom is 0.309 e. The Balaban J connectivity index is 2.14. The molecule has 0 saturated carbocycles. The van der Waals surface area contributed by atoms with Crippen molar-refractivity contribution in [3.8, 4) is 17.0 Å². The number of aromatic nitrogens is 4. The first-order chi connectivity index (χ1) is 14.2. The zero-order valence-corrected chi connectivity index (χ0v) is 18.4. The number of carbonyl (C=O) groups is 1. The van der Waals surface area contributed by atoms with E-state index in [2.05, 4.69) is 29.2 Å². The molecule has 0 aliphatic heterocycles. The fourth-order valence-corrected chi connectivity index (χ4v) is 3.21. The van der Waals surface area contributed by atoms with Gasteiger partial charge in [0, 0.05) is 37.2 Å². The quantitative estimate of drug-likeness (QED) is 0.639. The molecule has 0 fully saturated rings. The van der Waals surface area contributed by atoms with E-state index in [1.807, 2.05) is 37.7 Å². The predicted octanol–water partition coefficient (Wildman–Crippen LogP) is 3.76. The minimum atomic E-state index is -0.238. The van der Waals surface area contributed by atoms with Crippen molar-refractivity contribution >= 4 is 22.6 Å². The van der Waals surface area contributed by atoms with Gasteiger partial charge in [0.25, 0.3) is 0 Å². The van der Waals surface area contributed by atoms with E-state index in [4.69, 9.17) is 4.74 Å². The molecule has 30 heavy (non-hydrogen) atoms. The summed E-state index contributed by atoms with van der Waals surface area (Å²) in [6.45, 7) is 9.98. The Hall–Kier alpha value is -3.16. The number of nitrogens with one attached hydrogen (secondary N) is 1. The van der Waals surface area contributed by atoms with Crippen LogP contribution in [0.15, 0.2) is 29.3 Å². The van der Waals surface area contributed by atoms with E-state index < -0.39 is 0 Å². The van der Waals surface area contributed by atoms with Gasteiger partial charge in [0.2, 0.25) is 5.91 Å². The van der Waals surface area contributed by atoms with Gasteiger partial charge in [-0.25, -0.2) is 9.67 Å². The van der Waals surface area contributed by atoms with Gasteiger partial charge in [-0.3, -0.25) is 9.59 Å². The van der Waals surface area contributed by atoms with Crippen molar-refractivity contribution in [3.63, 3.8) is 0 Å². The zero-order valence-electron chi connectivity index (χ0n) is 18.4. The Morgan fingerprint density at radius 2 is 1.97 bits per heavy atom. The standard InChI is InChI=1S/C22H29N5O3/c1-13(2)7-8-30-20-10-18(25-27(14(3)4)22(20)29)17-12-26(6)19-11-23-21(9-16(17)19)24-15(5)28/h9-14H,7-8H2,1-6H3,(H,23,24,28). The van der Waals surface area contributed by atoms with Gasteiger partial charge in [-0.2, -0.15) is 5.10 Å². The van der Waals surface area contributed by atoms with Gasteiger partial charge in [0.15, 0.2) is 5.75 Å². The molecule has 0 bridgehead atoms. The molecule has 3 heterocycles. The number of hydrogen-bond donors (Lipinski definition) is 1. The van der Waals surface area contributed by atoms with Crippen molar-refractivity contribution in [2.45, 2.75) is 47.1 Å². The van der Waals surface area contributed by atoms with Crippen LogP contribution in [0.4, 0.5) is 5.82 Å². The number of anilines is 1. The highest BCUT2D eigenvalue weighted by molar-refractivity contribution is 5.98. The molecule has 0 aliphatic carbocycles. The van der Waals surface area contributed by atoms with Crippen LogP contribution in [-0.2, 0) is 11.8 Å². The van der Waals surface area contributed by atoms with Crippen molar-refractivity contribution < 1.29 is 9.53 Å².